The molecule has 0 amide bonds. The van der Waals surface area contributed by atoms with Crippen molar-refractivity contribution in [2.45, 2.75) is 46.6 Å². The SMILES string of the molecule is CCCNCC(CC)N(CCOC)CC(C)C. The highest BCUT2D eigenvalue weighted by Crippen LogP contribution is 2.07. The van der Waals surface area contributed by atoms with Crippen LogP contribution in [0.1, 0.15) is 40.5 Å². The summed E-state index contributed by atoms with van der Waals surface area (Å²) in [5.74, 6) is 0.715. The minimum Gasteiger partial charge on any atom is -0.383 e. The molecule has 0 aliphatic heterocycles. The molecule has 0 saturated carbocycles. The Balaban J connectivity index is 4.16. The highest BCUT2D eigenvalue weighted by Gasteiger charge is 2.16. The van der Waals surface area contributed by atoms with Gasteiger partial charge >= 0.3 is 0 Å². The van der Waals surface area contributed by atoms with E-state index in [9.17, 15) is 0 Å². The van der Waals surface area contributed by atoms with Crippen molar-refractivity contribution < 1.29 is 4.74 Å². The van der Waals surface area contributed by atoms with E-state index in [1.165, 1.54) is 12.8 Å². The quantitative estimate of drug-likeness (QED) is 0.565. The first kappa shape index (κ1) is 16.9. The average Bonchev–Trinajstić information content (AvgIpc) is 2.30. The van der Waals surface area contributed by atoms with E-state index in [2.05, 4.69) is 37.9 Å². The average molecular weight is 244 g/mol. The van der Waals surface area contributed by atoms with Gasteiger partial charge in [0.15, 0.2) is 0 Å². The fourth-order valence-corrected chi connectivity index (χ4v) is 2.08. The highest BCUT2D eigenvalue weighted by atomic mass is 16.5. The van der Waals surface area contributed by atoms with Gasteiger partial charge < -0.3 is 10.1 Å². The minimum atomic E-state index is 0.638. The van der Waals surface area contributed by atoms with E-state index in [-0.39, 0.29) is 0 Å². The van der Waals surface area contributed by atoms with E-state index in [1.54, 1.807) is 7.11 Å². The lowest BCUT2D eigenvalue weighted by molar-refractivity contribution is 0.107. The molecule has 0 heterocycles. The van der Waals surface area contributed by atoms with Crippen LogP contribution in [0.2, 0.25) is 0 Å². The molecule has 0 bridgehead atoms. The first-order chi connectivity index (χ1) is 8.15. The molecule has 0 fully saturated rings. The monoisotopic (exact) mass is 244 g/mol. The van der Waals surface area contributed by atoms with Crippen LogP contribution in [0.15, 0.2) is 0 Å². The van der Waals surface area contributed by atoms with Gasteiger partial charge in [0.25, 0.3) is 0 Å². The summed E-state index contributed by atoms with van der Waals surface area (Å²) in [7, 11) is 1.78. The second-order valence-electron chi connectivity index (χ2n) is 5.15. The summed E-state index contributed by atoms with van der Waals surface area (Å²) in [6.45, 7) is 14.3. The number of ether oxygens (including phenoxy) is 1. The van der Waals surface area contributed by atoms with E-state index < -0.39 is 0 Å². The Kier molecular flexibility index (Phi) is 10.9. The molecule has 3 nitrogen and oxygen atoms in total. The third-order valence-electron chi connectivity index (χ3n) is 2.98. The van der Waals surface area contributed by atoms with Crippen LogP contribution in [-0.4, -0.2) is 50.8 Å². The van der Waals surface area contributed by atoms with Crippen LogP contribution < -0.4 is 5.32 Å². The van der Waals surface area contributed by atoms with Crippen LogP contribution >= 0.6 is 0 Å². The van der Waals surface area contributed by atoms with E-state index in [0.29, 0.717) is 12.0 Å². The molecular formula is C14H32N2O. The fourth-order valence-electron chi connectivity index (χ4n) is 2.08. The summed E-state index contributed by atoms with van der Waals surface area (Å²) in [5, 5.41) is 3.53. The largest absolute Gasteiger partial charge is 0.383 e. The molecule has 0 saturated heterocycles. The number of nitrogens with zero attached hydrogens (tertiary/aromatic N) is 1. The Morgan fingerprint density at radius 1 is 1.24 bits per heavy atom. The number of rotatable bonds is 11. The Bertz CT molecular complexity index is 162. The minimum absolute atomic E-state index is 0.638. The third kappa shape index (κ3) is 8.58. The number of hydrogen-bond donors (Lipinski definition) is 1. The molecule has 0 rings (SSSR count). The summed E-state index contributed by atoms with van der Waals surface area (Å²) >= 11 is 0. The van der Waals surface area contributed by atoms with E-state index in [0.717, 1.165) is 32.8 Å². The Morgan fingerprint density at radius 3 is 2.41 bits per heavy atom. The zero-order valence-corrected chi connectivity index (χ0v) is 12.5. The van der Waals surface area contributed by atoms with Crippen LogP contribution in [-0.2, 0) is 4.74 Å². The van der Waals surface area contributed by atoms with Gasteiger partial charge in [0.1, 0.15) is 0 Å². The summed E-state index contributed by atoms with van der Waals surface area (Å²) in [6, 6.07) is 0.638. The van der Waals surface area contributed by atoms with Crippen molar-refractivity contribution in [1.29, 1.82) is 0 Å². The van der Waals surface area contributed by atoms with Gasteiger partial charge in [-0.3, -0.25) is 4.90 Å². The van der Waals surface area contributed by atoms with Crippen molar-refractivity contribution in [1.82, 2.24) is 10.2 Å². The Labute approximate surface area is 108 Å². The Hall–Kier alpha value is -0.120. The normalized spacial score (nSPS) is 13.6. The number of hydrogen-bond acceptors (Lipinski definition) is 3. The van der Waals surface area contributed by atoms with E-state index in [1.807, 2.05) is 0 Å². The predicted molar refractivity (Wildman–Crippen MR) is 75.5 cm³/mol. The van der Waals surface area contributed by atoms with Crippen molar-refractivity contribution in [3.8, 4) is 0 Å². The predicted octanol–water partition coefficient (Wildman–Crippen LogP) is 2.37. The van der Waals surface area contributed by atoms with Gasteiger partial charge in [0.2, 0.25) is 0 Å². The van der Waals surface area contributed by atoms with Gasteiger partial charge in [-0.25, -0.2) is 0 Å². The van der Waals surface area contributed by atoms with Gasteiger partial charge in [0, 0.05) is 32.8 Å². The standard InChI is InChI=1S/C14H32N2O/c1-6-8-15-11-14(7-2)16(9-10-17-5)12-13(3)4/h13-15H,6-12H2,1-5H3. The molecule has 0 spiro atoms. The van der Waals surface area contributed by atoms with Crippen molar-refractivity contribution in [3.05, 3.63) is 0 Å². The van der Waals surface area contributed by atoms with Gasteiger partial charge in [-0.15, -0.1) is 0 Å². The zero-order valence-electron chi connectivity index (χ0n) is 12.5. The van der Waals surface area contributed by atoms with Gasteiger partial charge in [-0.05, 0) is 25.3 Å². The van der Waals surface area contributed by atoms with Crippen molar-refractivity contribution in [3.63, 3.8) is 0 Å². The lowest BCUT2D eigenvalue weighted by Gasteiger charge is -2.32. The van der Waals surface area contributed by atoms with Crippen LogP contribution in [0.25, 0.3) is 0 Å². The molecule has 1 N–H and O–H groups in total. The molecule has 1 unspecified atom stereocenters. The number of methoxy groups -OCH3 is 1. The van der Waals surface area contributed by atoms with Crippen LogP contribution in [0, 0.1) is 5.92 Å². The molecule has 17 heavy (non-hydrogen) atoms. The van der Waals surface area contributed by atoms with Gasteiger partial charge in [-0.1, -0.05) is 27.7 Å². The summed E-state index contributed by atoms with van der Waals surface area (Å²) in [6.07, 6.45) is 2.41. The zero-order chi connectivity index (χ0) is 13.1. The molecule has 0 aliphatic carbocycles. The maximum absolute atomic E-state index is 5.21. The molecule has 0 aromatic carbocycles. The summed E-state index contributed by atoms with van der Waals surface area (Å²) < 4.78 is 5.21. The lowest BCUT2D eigenvalue weighted by Crippen LogP contribution is -2.45. The van der Waals surface area contributed by atoms with Crippen LogP contribution in [0.4, 0.5) is 0 Å². The number of nitrogens with one attached hydrogen (secondary N) is 1. The lowest BCUT2D eigenvalue weighted by atomic mass is 10.1. The van der Waals surface area contributed by atoms with Crippen molar-refractivity contribution >= 4 is 0 Å². The van der Waals surface area contributed by atoms with Crippen LogP contribution in [0.3, 0.4) is 0 Å². The second-order valence-corrected chi connectivity index (χ2v) is 5.15. The highest BCUT2D eigenvalue weighted by molar-refractivity contribution is 4.74. The first-order valence-electron chi connectivity index (χ1n) is 7.09. The maximum atomic E-state index is 5.21. The summed E-state index contributed by atoms with van der Waals surface area (Å²) in [5.41, 5.74) is 0. The molecule has 104 valence electrons. The molecule has 1 atom stereocenters. The fraction of sp³-hybridized carbons (Fsp3) is 1.00. The topological polar surface area (TPSA) is 24.5 Å². The molecular weight excluding hydrogens is 212 g/mol. The first-order valence-corrected chi connectivity index (χ1v) is 7.09. The smallest absolute Gasteiger partial charge is 0.0589 e. The van der Waals surface area contributed by atoms with E-state index in [4.69, 9.17) is 4.74 Å². The molecule has 0 radical (unpaired) electrons. The summed E-state index contributed by atoms with van der Waals surface area (Å²) in [4.78, 5) is 2.57. The Morgan fingerprint density at radius 2 is 1.94 bits per heavy atom. The van der Waals surface area contributed by atoms with Crippen molar-refractivity contribution in [2.75, 3.05) is 39.9 Å². The van der Waals surface area contributed by atoms with E-state index >= 15 is 0 Å². The second kappa shape index (κ2) is 11.0. The molecule has 0 aromatic heterocycles. The van der Waals surface area contributed by atoms with Gasteiger partial charge in [-0.2, -0.15) is 0 Å². The third-order valence-corrected chi connectivity index (χ3v) is 2.98. The van der Waals surface area contributed by atoms with Crippen LogP contribution in [0.5, 0.6) is 0 Å². The molecule has 0 aliphatic rings. The van der Waals surface area contributed by atoms with Gasteiger partial charge in [0.05, 0.1) is 6.61 Å². The molecule has 3 heteroatoms. The van der Waals surface area contributed by atoms with Crippen molar-refractivity contribution in [2.24, 2.45) is 5.92 Å². The molecule has 0 aromatic rings. The maximum Gasteiger partial charge on any atom is 0.0589 e.